The van der Waals surface area contributed by atoms with E-state index in [-0.39, 0.29) is 17.1 Å². The summed E-state index contributed by atoms with van der Waals surface area (Å²) in [5, 5.41) is 3.77. The van der Waals surface area contributed by atoms with Gasteiger partial charge in [-0.1, -0.05) is 5.56 Å². The number of hydrogen-bond acceptors (Lipinski definition) is 1. The Morgan fingerprint density at radius 1 is 1.00 bits per heavy atom. The van der Waals surface area contributed by atoms with Gasteiger partial charge in [0.05, 0.1) is 0 Å². The zero-order valence-corrected chi connectivity index (χ0v) is 6.96. The van der Waals surface area contributed by atoms with Crippen molar-refractivity contribution < 1.29 is 43.4 Å². The fourth-order valence-electron chi connectivity index (χ4n) is 0.662. The predicted molar refractivity (Wildman–Crippen MR) is 27.4 cm³/mol. The Morgan fingerprint density at radius 2 is 1.50 bits per heavy atom. The molecule has 84 valence electrons. The quantitative estimate of drug-likeness (QED) is 0.435. The molecule has 1 heterocycles. The molecule has 2 nitrogen and oxygen atoms in total. The van der Waals surface area contributed by atoms with Crippen molar-refractivity contribution >= 4 is 0 Å². The molecular formula is C5HCuF6N2. The smallest absolute Gasteiger partial charge is 0.370 e. The van der Waals surface area contributed by atoms with E-state index in [0.29, 0.717) is 0 Å². The molecule has 0 aromatic carbocycles. The molecule has 1 aromatic rings. The van der Waals surface area contributed by atoms with Gasteiger partial charge >= 0.3 is 29.4 Å². The topological polar surface area (TPSA) is 28.7 Å². The molecular weight excluding hydrogens is 266 g/mol. The number of hydrogen-bond donors (Lipinski definition) is 1. The Labute approximate surface area is 84.1 Å². The molecule has 0 saturated heterocycles. The molecule has 1 rings (SSSR count). The van der Waals surface area contributed by atoms with Crippen molar-refractivity contribution in [1.29, 1.82) is 0 Å². The number of nitrogens with zero attached hydrogens (tertiary/aromatic N) is 1. The van der Waals surface area contributed by atoms with Crippen LogP contribution in [0.1, 0.15) is 11.3 Å². The first-order chi connectivity index (χ1) is 5.73. The standard InChI is InChI=1S/C5HF6N2.Cu/c6-4(7,8)2-1-12-13-3(2)5(9,10)11;/h(H,12,13);/q-1;+1. The Balaban J connectivity index is 0.00000169. The molecule has 0 bridgehead atoms. The molecule has 0 fully saturated rings. The summed E-state index contributed by atoms with van der Waals surface area (Å²) in [6, 6.07) is 0. The minimum Gasteiger partial charge on any atom is -0.370 e. The predicted octanol–water partition coefficient (Wildman–Crippen LogP) is 2.24. The van der Waals surface area contributed by atoms with Crippen LogP contribution in [-0.4, -0.2) is 10.2 Å². The maximum absolute atomic E-state index is 11.8. The number of halogens is 6. The van der Waals surface area contributed by atoms with Crippen LogP contribution in [0.4, 0.5) is 26.3 Å². The van der Waals surface area contributed by atoms with Crippen LogP contribution in [0.15, 0.2) is 0 Å². The molecule has 0 aliphatic rings. The zero-order valence-electron chi connectivity index (χ0n) is 6.02. The fraction of sp³-hybridized carbons (Fsp3) is 0.400. The van der Waals surface area contributed by atoms with Crippen LogP contribution in [0, 0.1) is 6.20 Å². The van der Waals surface area contributed by atoms with Crippen molar-refractivity contribution in [2.45, 2.75) is 12.4 Å². The number of rotatable bonds is 0. The minimum absolute atomic E-state index is 0. The van der Waals surface area contributed by atoms with Gasteiger partial charge in [0.2, 0.25) is 0 Å². The van der Waals surface area contributed by atoms with E-state index in [1.54, 1.807) is 0 Å². The van der Waals surface area contributed by atoms with E-state index in [9.17, 15) is 26.3 Å². The van der Waals surface area contributed by atoms with E-state index in [1.807, 2.05) is 0 Å². The molecule has 0 unspecified atom stereocenters. The second-order valence-electron chi connectivity index (χ2n) is 2.08. The summed E-state index contributed by atoms with van der Waals surface area (Å²) >= 11 is 0. The largest absolute Gasteiger partial charge is 1.00 e. The number of aromatic nitrogens is 2. The normalized spacial score (nSPS) is 12.4. The first kappa shape index (κ1) is 13.3. The van der Waals surface area contributed by atoms with Crippen LogP contribution in [0.3, 0.4) is 0 Å². The van der Waals surface area contributed by atoms with Crippen LogP contribution < -0.4 is 0 Å². The van der Waals surface area contributed by atoms with Crippen LogP contribution in [0.25, 0.3) is 0 Å². The number of nitrogens with one attached hydrogen (secondary N) is 1. The average molecular weight is 267 g/mol. The van der Waals surface area contributed by atoms with Crippen LogP contribution >= 0.6 is 0 Å². The minimum atomic E-state index is -5.10. The molecule has 9 heteroatoms. The summed E-state index contributed by atoms with van der Waals surface area (Å²) in [6.07, 6.45) is -9.00. The third-order valence-electron chi connectivity index (χ3n) is 1.15. The van der Waals surface area contributed by atoms with Gasteiger partial charge in [-0.2, -0.15) is 26.3 Å². The zero-order chi connectivity index (χ0) is 10.3. The van der Waals surface area contributed by atoms with Gasteiger partial charge < -0.3 is 10.2 Å². The van der Waals surface area contributed by atoms with Gasteiger partial charge in [0.1, 0.15) is 0 Å². The maximum Gasteiger partial charge on any atom is 1.00 e. The van der Waals surface area contributed by atoms with Gasteiger partial charge in [0.15, 0.2) is 0 Å². The summed E-state index contributed by atoms with van der Waals surface area (Å²) < 4.78 is 70.9. The van der Waals surface area contributed by atoms with Crippen molar-refractivity contribution in [3.63, 3.8) is 0 Å². The van der Waals surface area contributed by atoms with E-state index >= 15 is 0 Å². The van der Waals surface area contributed by atoms with Crippen LogP contribution in [0.5, 0.6) is 0 Å². The van der Waals surface area contributed by atoms with Crippen LogP contribution in [0.2, 0.25) is 0 Å². The van der Waals surface area contributed by atoms with Gasteiger partial charge in [-0.15, -0.1) is 6.20 Å². The maximum atomic E-state index is 11.8. The Bertz CT molecular complexity index is 271. The molecule has 1 N–H and O–H groups in total. The summed E-state index contributed by atoms with van der Waals surface area (Å²) in [4.78, 5) is 0. The van der Waals surface area contributed by atoms with Crippen molar-refractivity contribution in [3.8, 4) is 0 Å². The van der Waals surface area contributed by atoms with Crippen molar-refractivity contribution in [3.05, 3.63) is 17.5 Å². The van der Waals surface area contributed by atoms with Gasteiger partial charge in [-0.3, -0.25) is 0 Å². The van der Waals surface area contributed by atoms with E-state index in [4.69, 9.17) is 0 Å². The molecule has 0 atom stereocenters. The van der Waals surface area contributed by atoms with Gasteiger partial charge in [0.25, 0.3) is 0 Å². The average Bonchev–Trinajstić information content (AvgIpc) is 2.27. The monoisotopic (exact) mass is 266 g/mol. The summed E-state index contributed by atoms with van der Waals surface area (Å²) in [5.74, 6) is 0. The second kappa shape index (κ2) is 3.82. The van der Waals surface area contributed by atoms with Gasteiger partial charge in [-0.25, -0.2) is 0 Å². The first-order valence-electron chi connectivity index (χ1n) is 2.83. The third-order valence-corrected chi connectivity index (χ3v) is 1.15. The summed E-state index contributed by atoms with van der Waals surface area (Å²) in [5.41, 5.74) is -3.86. The van der Waals surface area contributed by atoms with E-state index in [1.165, 1.54) is 11.3 Å². The van der Waals surface area contributed by atoms with Gasteiger partial charge in [-0.05, 0) is 5.69 Å². The molecule has 0 radical (unpaired) electrons. The Kier molecular flexibility index (Phi) is 3.63. The fourth-order valence-corrected chi connectivity index (χ4v) is 0.662. The molecule has 0 aliphatic heterocycles. The van der Waals surface area contributed by atoms with Crippen molar-refractivity contribution in [2.75, 3.05) is 0 Å². The van der Waals surface area contributed by atoms with Gasteiger partial charge in [0, 0.05) is 0 Å². The van der Waals surface area contributed by atoms with Crippen LogP contribution in [-0.2, 0) is 29.4 Å². The molecule has 0 aliphatic carbocycles. The summed E-state index contributed by atoms with van der Waals surface area (Å²) in [7, 11) is 0. The Morgan fingerprint density at radius 3 is 1.79 bits per heavy atom. The third kappa shape index (κ3) is 2.65. The molecule has 1 aromatic heterocycles. The van der Waals surface area contributed by atoms with E-state index < -0.39 is 23.6 Å². The van der Waals surface area contributed by atoms with E-state index in [2.05, 4.69) is 5.10 Å². The SMILES string of the molecule is FC(F)(F)c1[c-]n[nH]c1C(F)(F)F.[Cu+]. The molecule has 0 spiro atoms. The number of aromatic amines is 1. The second-order valence-corrected chi connectivity index (χ2v) is 2.08. The number of alkyl halides is 6. The molecule has 0 saturated carbocycles. The Hall–Kier alpha value is -0.691. The van der Waals surface area contributed by atoms with E-state index in [0.717, 1.165) is 0 Å². The molecule has 14 heavy (non-hydrogen) atoms. The summed E-state index contributed by atoms with van der Waals surface area (Å²) in [6.45, 7) is 0. The molecule has 0 amide bonds. The number of H-pyrrole nitrogens is 1. The van der Waals surface area contributed by atoms with Crippen molar-refractivity contribution in [2.24, 2.45) is 0 Å². The first-order valence-corrected chi connectivity index (χ1v) is 2.83. The van der Waals surface area contributed by atoms with Crippen molar-refractivity contribution in [1.82, 2.24) is 10.2 Å².